The number of para-hydroxylation sites is 1. The Morgan fingerprint density at radius 2 is 2.00 bits per heavy atom. The molecule has 2 aromatic carbocycles. The molecule has 2 atom stereocenters. The van der Waals surface area contributed by atoms with Crippen LogP contribution >= 0.6 is 0 Å². The second kappa shape index (κ2) is 7.88. The number of ether oxygens (including phenoxy) is 1. The fourth-order valence-electron chi connectivity index (χ4n) is 3.71. The van der Waals surface area contributed by atoms with E-state index in [1.54, 1.807) is 19.1 Å². The summed E-state index contributed by atoms with van der Waals surface area (Å²) in [4.78, 5) is 12.3. The number of rotatable bonds is 4. The summed E-state index contributed by atoms with van der Waals surface area (Å²) < 4.78 is 61.0. The quantitative estimate of drug-likeness (QED) is 0.463. The van der Waals surface area contributed by atoms with Crippen LogP contribution in [0.1, 0.15) is 30.1 Å². The Labute approximate surface area is 175 Å². The van der Waals surface area contributed by atoms with Crippen LogP contribution in [-0.2, 0) is 0 Å². The molecule has 1 N–H and O–H groups in total. The summed E-state index contributed by atoms with van der Waals surface area (Å²) in [6.07, 6.45) is -3.49. The van der Waals surface area contributed by atoms with Crippen LogP contribution in [0.5, 0.6) is 5.75 Å². The van der Waals surface area contributed by atoms with Crippen molar-refractivity contribution in [1.82, 2.24) is 9.97 Å². The Bertz CT molecular complexity index is 1150. The van der Waals surface area contributed by atoms with Gasteiger partial charge < -0.3 is 9.84 Å². The van der Waals surface area contributed by atoms with Gasteiger partial charge in [0.1, 0.15) is 5.82 Å². The number of aliphatic hydroxyl groups is 1. The van der Waals surface area contributed by atoms with Crippen LogP contribution in [0.4, 0.5) is 23.2 Å². The molecular formula is C22H19F4N3O2. The highest BCUT2D eigenvalue weighted by Crippen LogP contribution is 2.44. The smallest absolute Gasteiger partial charge is 0.422 e. The van der Waals surface area contributed by atoms with Gasteiger partial charge in [-0.25, -0.2) is 14.4 Å². The number of benzene rings is 2. The third-order valence-corrected chi connectivity index (χ3v) is 5.34. The zero-order valence-electron chi connectivity index (χ0n) is 16.5. The Morgan fingerprint density at radius 1 is 1.23 bits per heavy atom. The number of aliphatic imine (C=N–C) groups is 1. The molecule has 0 spiro atoms. The molecule has 31 heavy (non-hydrogen) atoms. The maximum Gasteiger partial charge on any atom is 0.422 e. The zero-order valence-corrected chi connectivity index (χ0v) is 16.5. The highest BCUT2D eigenvalue weighted by Gasteiger charge is 2.54. The van der Waals surface area contributed by atoms with E-state index in [4.69, 9.17) is 4.74 Å². The van der Waals surface area contributed by atoms with E-state index in [0.29, 0.717) is 28.5 Å². The van der Waals surface area contributed by atoms with Gasteiger partial charge in [-0.15, -0.1) is 0 Å². The SMILES string of the molecule is Cc1ncc2c(N=CC(O)(CC3CCOc4c(F)cccc43)C(F)(F)F)cccc2n1. The van der Waals surface area contributed by atoms with Crippen molar-refractivity contribution in [1.29, 1.82) is 0 Å². The van der Waals surface area contributed by atoms with Crippen molar-refractivity contribution < 1.29 is 27.4 Å². The minimum atomic E-state index is -4.99. The number of nitrogens with zero attached hydrogens (tertiary/aromatic N) is 3. The Morgan fingerprint density at radius 3 is 2.77 bits per heavy atom. The topological polar surface area (TPSA) is 67.6 Å². The van der Waals surface area contributed by atoms with E-state index in [1.807, 2.05) is 0 Å². The first-order valence-corrected chi connectivity index (χ1v) is 9.66. The van der Waals surface area contributed by atoms with E-state index in [-0.39, 0.29) is 24.5 Å². The molecule has 3 aromatic rings. The largest absolute Gasteiger partial charge is 0.490 e. The van der Waals surface area contributed by atoms with Gasteiger partial charge in [0.15, 0.2) is 17.2 Å². The summed E-state index contributed by atoms with van der Waals surface area (Å²) in [6, 6.07) is 8.95. The normalized spacial score (nSPS) is 18.6. The minimum absolute atomic E-state index is 0.0592. The molecule has 0 amide bonds. The highest BCUT2D eigenvalue weighted by molar-refractivity contribution is 5.91. The van der Waals surface area contributed by atoms with Crippen LogP contribution in [0, 0.1) is 12.7 Å². The second-order valence-corrected chi connectivity index (χ2v) is 7.50. The molecule has 1 aromatic heterocycles. The van der Waals surface area contributed by atoms with E-state index >= 15 is 0 Å². The molecule has 2 unspecified atom stereocenters. The molecule has 0 bridgehead atoms. The van der Waals surface area contributed by atoms with Crippen LogP contribution in [0.15, 0.2) is 47.6 Å². The molecular weight excluding hydrogens is 414 g/mol. The molecule has 0 saturated carbocycles. The third kappa shape index (κ3) is 4.10. The lowest BCUT2D eigenvalue weighted by atomic mass is 9.82. The molecule has 0 saturated heterocycles. The third-order valence-electron chi connectivity index (χ3n) is 5.34. The van der Waals surface area contributed by atoms with Crippen molar-refractivity contribution in [2.75, 3.05) is 6.61 Å². The summed E-state index contributed by atoms with van der Waals surface area (Å²) in [6.45, 7) is 1.76. The Kier molecular flexibility index (Phi) is 5.38. The first-order chi connectivity index (χ1) is 14.7. The number of aryl methyl sites for hydroxylation is 1. The van der Waals surface area contributed by atoms with Gasteiger partial charge in [0.05, 0.1) is 17.8 Å². The Hall–Kier alpha value is -3.07. The van der Waals surface area contributed by atoms with Crippen molar-refractivity contribution in [3.63, 3.8) is 0 Å². The van der Waals surface area contributed by atoms with Crippen LogP contribution < -0.4 is 4.74 Å². The lowest BCUT2D eigenvalue weighted by Crippen LogP contribution is -2.48. The Balaban J connectivity index is 1.70. The number of aromatic nitrogens is 2. The van der Waals surface area contributed by atoms with Crippen LogP contribution in [0.25, 0.3) is 10.9 Å². The van der Waals surface area contributed by atoms with Gasteiger partial charge in [0, 0.05) is 23.4 Å². The van der Waals surface area contributed by atoms with E-state index in [2.05, 4.69) is 15.0 Å². The van der Waals surface area contributed by atoms with E-state index in [9.17, 15) is 22.7 Å². The predicted octanol–water partition coefficient (Wildman–Crippen LogP) is 5.03. The number of alkyl halides is 3. The van der Waals surface area contributed by atoms with Crippen molar-refractivity contribution in [3.8, 4) is 5.75 Å². The maximum atomic E-state index is 14.0. The van der Waals surface area contributed by atoms with Gasteiger partial charge in [0.25, 0.3) is 0 Å². The van der Waals surface area contributed by atoms with Gasteiger partial charge in [-0.2, -0.15) is 13.2 Å². The summed E-state index contributed by atoms with van der Waals surface area (Å²) in [5.74, 6) is -0.943. The number of hydrogen-bond acceptors (Lipinski definition) is 5. The molecule has 2 heterocycles. The molecule has 9 heteroatoms. The average molecular weight is 433 g/mol. The molecule has 0 aliphatic carbocycles. The van der Waals surface area contributed by atoms with Gasteiger partial charge in [-0.05, 0) is 43.9 Å². The second-order valence-electron chi connectivity index (χ2n) is 7.50. The lowest BCUT2D eigenvalue weighted by Gasteiger charge is -2.33. The molecule has 0 fully saturated rings. The van der Waals surface area contributed by atoms with E-state index in [1.165, 1.54) is 30.5 Å². The van der Waals surface area contributed by atoms with Crippen molar-refractivity contribution in [2.45, 2.75) is 37.5 Å². The molecule has 4 rings (SSSR count). The fourth-order valence-corrected chi connectivity index (χ4v) is 3.71. The first kappa shape index (κ1) is 21.2. The van der Waals surface area contributed by atoms with Gasteiger partial charge in [-0.3, -0.25) is 4.99 Å². The van der Waals surface area contributed by atoms with E-state index < -0.39 is 29.9 Å². The molecule has 1 aliphatic rings. The standard InChI is InChI=1S/C22H19F4N3O2/c1-13-27-11-16-18(6-3-7-19(16)29-13)28-12-21(30,22(24,25)26)10-14-8-9-31-20-15(14)4-2-5-17(20)23/h2-7,11-12,14,30H,8-10H2,1H3. The van der Waals surface area contributed by atoms with Crippen molar-refractivity contribution >= 4 is 22.8 Å². The van der Waals surface area contributed by atoms with Crippen LogP contribution in [0.3, 0.4) is 0 Å². The fraction of sp³-hybridized carbons (Fsp3) is 0.318. The lowest BCUT2D eigenvalue weighted by molar-refractivity contribution is -0.232. The monoisotopic (exact) mass is 433 g/mol. The van der Waals surface area contributed by atoms with E-state index in [0.717, 1.165) is 0 Å². The summed E-state index contributed by atoms with van der Waals surface area (Å²) in [7, 11) is 0. The minimum Gasteiger partial charge on any atom is -0.490 e. The summed E-state index contributed by atoms with van der Waals surface area (Å²) in [5, 5.41) is 11.1. The molecule has 5 nitrogen and oxygen atoms in total. The molecule has 162 valence electrons. The molecule has 1 aliphatic heterocycles. The zero-order chi connectivity index (χ0) is 22.2. The number of hydrogen-bond donors (Lipinski definition) is 1. The predicted molar refractivity (Wildman–Crippen MR) is 107 cm³/mol. The van der Waals surface area contributed by atoms with Crippen LogP contribution in [0.2, 0.25) is 0 Å². The van der Waals surface area contributed by atoms with Crippen molar-refractivity contribution in [3.05, 3.63) is 59.8 Å². The van der Waals surface area contributed by atoms with Gasteiger partial charge in [-0.1, -0.05) is 18.2 Å². The summed E-state index contributed by atoms with van der Waals surface area (Å²) in [5.41, 5.74) is -2.17. The summed E-state index contributed by atoms with van der Waals surface area (Å²) >= 11 is 0. The molecule has 0 radical (unpaired) electrons. The average Bonchev–Trinajstić information content (AvgIpc) is 2.72. The number of fused-ring (bicyclic) bond motifs is 2. The van der Waals surface area contributed by atoms with Gasteiger partial charge in [0.2, 0.25) is 0 Å². The van der Waals surface area contributed by atoms with Crippen LogP contribution in [-0.4, -0.2) is 39.7 Å². The number of halogens is 4. The maximum absolute atomic E-state index is 14.0. The first-order valence-electron chi connectivity index (χ1n) is 9.66. The van der Waals surface area contributed by atoms with Crippen molar-refractivity contribution in [2.24, 2.45) is 4.99 Å². The highest BCUT2D eigenvalue weighted by atomic mass is 19.4. The van der Waals surface area contributed by atoms with Gasteiger partial charge >= 0.3 is 6.18 Å².